The normalized spacial score (nSPS) is 13.8. The van der Waals surface area contributed by atoms with Crippen molar-refractivity contribution in [2.75, 3.05) is 6.61 Å². The lowest BCUT2D eigenvalue weighted by molar-refractivity contribution is -0.122. The maximum absolute atomic E-state index is 12.3. The lowest BCUT2D eigenvalue weighted by atomic mass is 10.0. The standard InChI is InChI=1S/C45H79NO3/c1-3-5-7-9-11-13-15-17-18-19-20-21-22-23-24-25-26-27-29-30-32-34-36-38-40-44(48)43(42-47)46-45(49)41-39-37-35-33-31-28-16-14-12-10-8-6-4-2/h6,8,12,14,28,30-32,35,37-38,40,43-44,47-48H,3-5,7,9-11,13,15-27,29,33-34,36,39,41-42H2,1-2H3,(H,46,49)/b8-6-,14-12-,31-28-,32-30+,37-35-,40-38+. The number of allylic oxidation sites excluding steroid dienone is 11. The Morgan fingerprint density at radius 1 is 0.510 bits per heavy atom. The molecule has 0 heterocycles. The van der Waals surface area contributed by atoms with Gasteiger partial charge in [0.25, 0.3) is 0 Å². The molecule has 0 aromatic heterocycles. The van der Waals surface area contributed by atoms with Gasteiger partial charge in [0, 0.05) is 6.42 Å². The van der Waals surface area contributed by atoms with Crippen molar-refractivity contribution in [3.63, 3.8) is 0 Å². The van der Waals surface area contributed by atoms with Crippen LogP contribution in [-0.4, -0.2) is 34.9 Å². The van der Waals surface area contributed by atoms with E-state index >= 15 is 0 Å². The van der Waals surface area contributed by atoms with Gasteiger partial charge in [-0.05, 0) is 57.8 Å². The third-order valence-electron chi connectivity index (χ3n) is 8.94. The molecular weight excluding hydrogens is 602 g/mol. The summed E-state index contributed by atoms with van der Waals surface area (Å²) in [5.74, 6) is -0.156. The van der Waals surface area contributed by atoms with Crippen molar-refractivity contribution in [2.24, 2.45) is 0 Å². The van der Waals surface area contributed by atoms with Crippen LogP contribution in [-0.2, 0) is 4.79 Å². The number of amides is 1. The number of carbonyl (C=O) groups is 1. The Bertz CT molecular complexity index is 868. The van der Waals surface area contributed by atoms with E-state index < -0.39 is 12.1 Å². The fourth-order valence-electron chi connectivity index (χ4n) is 5.79. The molecule has 0 radical (unpaired) electrons. The van der Waals surface area contributed by atoms with Gasteiger partial charge in [-0.3, -0.25) is 4.79 Å². The predicted octanol–water partition coefficient (Wildman–Crippen LogP) is 12.7. The zero-order valence-electron chi connectivity index (χ0n) is 32.2. The molecule has 3 N–H and O–H groups in total. The zero-order chi connectivity index (χ0) is 35.7. The third-order valence-corrected chi connectivity index (χ3v) is 8.94. The molecule has 0 saturated heterocycles. The maximum atomic E-state index is 12.3. The maximum Gasteiger partial charge on any atom is 0.220 e. The lowest BCUT2D eigenvalue weighted by Gasteiger charge is -2.19. The molecular formula is C45H79NO3. The van der Waals surface area contributed by atoms with E-state index in [1.807, 2.05) is 12.2 Å². The molecule has 0 saturated carbocycles. The Labute approximate surface area is 304 Å². The molecule has 1 amide bonds. The van der Waals surface area contributed by atoms with Crippen LogP contribution in [0.3, 0.4) is 0 Å². The molecule has 49 heavy (non-hydrogen) atoms. The highest BCUT2D eigenvalue weighted by Gasteiger charge is 2.17. The topological polar surface area (TPSA) is 69.6 Å². The summed E-state index contributed by atoms with van der Waals surface area (Å²) in [6.45, 7) is 4.14. The largest absolute Gasteiger partial charge is 0.394 e. The number of nitrogens with one attached hydrogen (secondary N) is 1. The van der Waals surface area contributed by atoms with Crippen molar-refractivity contribution < 1.29 is 15.0 Å². The third kappa shape index (κ3) is 36.9. The highest BCUT2D eigenvalue weighted by atomic mass is 16.3. The molecule has 0 aliphatic carbocycles. The molecule has 0 aliphatic rings. The van der Waals surface area contributed by atoms with Crippen LogP contribution in [0.25, 0.3) is 0 Å². The van der Waals surface area contributed by atoms with Gasteiger partial charge in [0.1, 0.15) is 0 Å². The molecule has 0 fully saturated rings. The fraction of sp³-hybridized carbons (Fsp3) is 0.711. The average Bonchev–Trinajstić information content (AvgIpc) is 3.10. The van der Waals surface area contributed by atoms with E-state index in [0.717, 1.165) is 44.9 Å². The molecule has 0 aromatic carbocycles. The summed E-state index contributed by atoms with van der Waals surface area (Å²) in [7, 11) is 0. The second-order valence-corrected chi connectivity index (χ2v) is 13.7. The second-order valence-electron chi connectivity index (χ2n) is 13.7. The number of rotatable bonds is 36. The number of carbonyl (C=O) groups excluding carboxylic acids is 1. The van der Waals surface area contributed by atoms with Crippen molar-refractivity contribution in [3.05, 3.63) is 72.9 Å². The Morgan fingerprint density at radius 2 is 0.918 bits per heavy atom. The number of aliphatic hydroxyl groups excluding tert-OH is 2. The Hall–Kier alpha value is -2.17. The van der Waals surface area contributed by atoms with Gasteiger partial charge in [0.15, 0.2) is 0 Å². The van der Waals surface area contributed by atoms with Gasteiger partial charge in [-0.1, -0.05) is 196 Å². The van der Waals surface area contributed by atoms with Crippen LogP contribution in [0.1, 0.15) is 187 Å². The smallest absolute Gasteiger partial charge is 0.220 e. The molecule has 4 heteroatoms. The highest BCUT2D eigenvalue weighted by molar-refractivity contribution is 5.76. The molecule has 0 rings (SSSR count). The zero-order valence-corrected chi connectivity index (χ0v) is 32.2. The minimum absolute atomic E-state index is 0.156. The minimum atomic E-state index is -0.893. The molecule has 2 unspecified atom stereocenters. The van der Waals surface area contributed by atoms with Crippen LogP contribution in [0, 0.1) is 0 Å². The van der Waals surface area contributed by atoms with E-state index in [9.17, 15) is 15.0 Å². The van der Waals surface area contributed by atoms with E-state index in [4.69, 9.17) is 0 Å². The number of unbranched alkanes of at least 4 members (excludes halogenated alkanes) is 19. The summed E-state index contributed by atoms with van der Waals surface area (Å²) in [6.07, 6.45) is 57.4. The van der Waals surface area contributed by atoms with E-state index in [0.29, 0.717) is 12.8 Å². The van der Waals surface area contributed by atoms with Crippen LogP contribution in [0.15, 0.2) is 72.9 Å². The molecule has 0 bridgehead atoms. The van der Waals surface area contributed by atoms with Crippen LogP contribution < -0.4 is 5.32 Å². The van der Waals surface area contributed by atoms with Gasteiger partial charge in [-0.15, -0.1) is 0 Å². The van der Waals surface area contributed by atoms with Gasteiger partial charge >= 0.3 is 0 Å². The van der Waals surface area contributed by atoms with Crippen molar-refractivity contribution in [1.29, 1.82) is 0 Å². The summed E-state index contributed by atoms with van der Waals surface area (Å²) < 4.78 is 0. The van der Waals surface area contributed by atoms with Crippen molar-refractivity contribution in [2.45, 2.75) is 199 Å². The predicted molar refractivity (Wildman–Crippen MR) is 216 cm³/mol. The SMILES string of the molecule is CC/C=C\C/C=C\C/C=C\C/C=C\CCC(=O)NC(CO)C(O)/C=C/CC/C=C/CCCCCCCCCCCCCCCCCCCC. The Kier molecular flexibility index (Phi) is 38.5. The average molecular weight is 682 g/mol. The van der Waals surface area contributed by atoms with E-state index in [2.05, 4.69) is 73.8 Å². The monoisotopic (exact) mass is 682 g/mol. The number of hydrogen-bond acceptors (Lipinski definition) is 3. The van der Waals surface area contributed by atoms with E-state index in [1.54, 1.807) is 6.08 Å². The Balaban J connectivity index is 3.68. The van der Waals surface area contributed by atoms with Gasteiger partial charge < -0.3 is 15.5 Å². The van der Waals surface area contributed by atoms with Crippen molar-refractivity contribution >= 4 is 5.91 Å². The molecule has 0 spiro atoms. The molecule has 2 atom stereocenters. The fourth-order valence-corrected chi connectivity index (χ4v) is 5.79. The summed E-state index contributed by atoms with van der Waals surface area (Å²) in [5, 5.41) is 22.8. The van der Waals surface area contributed by atoms with Gasteiger partial charge in [0.2, 0.25) is 5.91 Å². The van der Waals surface area contributed by atoms with Crippen molar-refractivity contribution in [1.82, 2.24) is 5.32 Å². The molecule has 282 valence electrons. The van der Waals surface area contributed by atoms with E-state index in [-0.39, 0.29) is 12.5 Å². The van der Waals surface area contributed by atoms with Crippen LogP contribution >= 0.6 is 0 Å². The van der Waals surface area contributed by atoms with Gasteiger partial charge in [0.05, 0.1) is 18.8 Å². The molecule has 0 aromatic rings. The summed E-state index contributed by atoms with van der Waals surface area (Å²) in [6, 6.07) is -0.679. The first-order valence-electron chi connectivity index (χ1n) is 20.7. The summed E-state index contributed by atoms with van der Waals surface area (Å²) in [4.78, 5) is 12.3. The Morgan fingerprint density at radius 3 is 1.41 bits per heavy atom. The van der Waals surface area contributed by atoms with Crippen LogP contribution in [0.5, 0.6) is 0 Å². The first-order chi connectivity index (χ1) is 24.2. The summed E-state index contributed by atoms with van der Waals surface area (Å²) in [5.41, 5.74) is 0. The first kappa shape index (κ1) is 46.8. The van der Waals surface area contributed by atoms with Gasteiger partial charge in [-0.2, -0.15) is 0 Å². The first-order valence-corrected chi connectivity index (χ1v) is 20.7. The summed E-state index contributed by atoms with van der Waals surface area (Å²) >= 11 is 0. The van der Waals surface area contributed by atoms with Crippen LogP contribution in [0.4, 0.5) is 0 Å². The van der Waals surface area contributed by atoms with Gasteiger partial charge in [-0.25, -0.2) is 0 Å². The minimum Gasteiger partial charge on any atom is -0.394 e. The molecule has 4 nitrogen and oxygen atoms in total. The number of aliphatic hydroxyl groups is 2. The van der Waals surface area contributed by atoms with Crippen molar-refractivity contribution in [3.8, 4) is 0 Å². The second kappa shape index (κ2) is 40.3. The quantitative estimate of drug-likeness (QED) is 0.0455. The highest BCUT2D eigenvalue weighted by Crippen LogP contribution is 2.15. The molecule has 0 aliphatic heterocycles. The lowest BCUT2D eigenvalue weighted by Crippen LogP contribution is -2.45. The van der Waals surface area contributed by atoms with E-state index in [1.165, 1.54) is 116 Å². The number of hydrogen-bond donors (Lipinski definition) is 3. The van der Waals surface area contributed by atoms with Crippen LogP contribution in [0.2, 0.25) is 0 Å².